The van der Waals surface area contributed by atoms with E-state index in [1.807, 2.05) is 4.90 Å². The van der Waals surface area contributed by atoms with Gasteiger partial charge in [0.15, 0.2) is 15.8 Å². The fourth-order valence-electron chi connectivity index (χ4n) is 2.84. The van der Waals surface area contributed by atoms with Gasteiger partial charge in [-0.1, -0.05) is 12.1 Å². The quantitative estimate of drug-likeness (QED) is 0.635. The van der Waals surface area contributed by atoms with Gasteiger partial charge in [0.2, 0.25) is 0 Å². The Bertz CT molecular complexity index is 756. The molecule has 5 nitrogen and oxygen atoms in total. The van der Waals surface area contributed by atoms with E-state index in [0.717, 1.165) is 17.7 Å². The molecular weight excluding hydrogens is 367 g/mol. The third-order valence-electron chi connectivity index (χ3n) is 4.53. The minimum absolute atomic E-state index is 0.0691. The number of sulfone groups is 1. The first-order chi connectivity index (χ1) is 12.0. The van der Waals surface area contributed by atoms with E-state index in [1.165, 1.54) is 12.1 Å². The van der Waals surface area contributed by atoms with Crippen molar-refractivity contribution in [2.24, 2.45) is 4.99 Å². The van der Waals surface area contributed by atoms with Gasteiger partial charge in [0, 0.05) is 26.7 Å². The lowest BCUT2D eigenvalue weighted by Crippen LogP contribution is -2.57. The number of hydrogen-bond donors (Lipinski definition) is 1. The van der Waals surface area contributed by atoms with E-state index in [9.17, 15) is 21.6 Å². The number of aliphatic imine (C=N–C) groups is 1. The maximum atomic E-state index is 12.6. The first kappa shape index (κ1) is 20.5. The third kappa shape index (κ3) is 4.69. The normalized spacial score (nSPS) is 20.1. The highest BCUT2D eigenvalue weighted by atomic mass is 32.2. The smallest absolute Gasteiger partial charge is 0.356 e. The van der Waals surface area contributed by atoms with Gasteiger partial charge in [0.25, 0.3) is 0 Å². The summed E-state index contributed by atoms with van der Waals surface area (Å²) in [5.74, 6) is 0.666. The molecule has 1 aromatic carbocycles. The van der Waals surface area contributed by atoms with Gasteiger partial charge in [-0.05, 0) is 38.0 Å². The largest absolute Gasteiger partial charge is 0.416 e. The summed E-state index contributed by atoms with van der Waals surface area (Å²) < 4.78 is 61.0. The van der Waals surface area contributed by atoms with Crippen LogP contribution < -0.4 is 5.32 Å². The first-order valence-corrected chi connectivity index (χ1v) is 9.95. The lowest BCUT2D eigenvalue weighted by atomic mass is 10.1. The molecule has 1 fully saturated rings. The van der Waals surface area contributed by atoms with Gasteiger partial charge in [-0.15, -0.1) is 0 Å². The summed E-state index contributed by atoms with van der Waals surface area (Å²) in [6.07, 6.45) is -3.80. The van der Waals surface area contributed by atoms with Crippen LogP contribution in [0.25, 0.3) is 0 Å². The lowest BCUT2D eigenvalue weighted by Gasteiger charge is -2.39. The topological polar surface area (TPSA) is 61.8 Å². The molecule has 0 aliphatic carbocycles. The van der Waals surface area contributed by atoms with Crippen molar-refractivity contribution >= 4 is 15.8 Å². The number of hydrogen-bond acceptors (Lipinski definition) is 3. The second-order valence-corrected chi connectivity index (χ2v) is 9.66. The molecule has 1 heterocycles. The zero-order valence-electron chi connectivity index (χ0n) is 15.1. The zero-order chi connectivity index (χ0) is 19.6. The summed E-state index contributed by atoms with van der Waals surface area (Å²) in [5, 5.41) is 3.16. The molecule has 26 heavy (non-hydrogen) atoms. The monoisotopic (exact) mass is 391 g/mol. The van der Waals surface area contributed by atoms with Crippen LogP contribution in [0.4, 0.5) is 13.2 Å². The predicted molar refractivity (Wildman–Crippen MR) is 95.9 cm³/mol. The standard InChI is InChI=1S/C17H24F3N3O2S/c1-16(2)12-23(10-11-26(16,24)25)15(21-3)22-9-8-13-4-6-14(7-5-13)17(18,19)20/h4-7H,8-12H2,1-3H3,(H,21,22). The molecule has 1 aromatic rings. The number of halogens is 3. The average Bonchev–Trinajstić information content (AvgIpc) is 2.54. The van der Waals surface area contributed by atoms with Crippen LogP contribution in [0, 0.1) is 0 Å². The third-order valence-corrected chi connectivity index (χ3v) is 7.07. The Morgan fingerprint density at radius 1 is 1.27 bits per heavy atom. The van der Waals surface area contributed by atoms with E-state index in [4.69, 9.17) is 0 Å². The van der Waals surface area contributed by atoms with Crippen LogP contribution in [0.3, 0.4) is 0 Å². The van der Waals surface area contributed by atoms with Crippen molar-refractivity contribution in [2.75, 3.05) is 32.4 Å². The van der Waals surface area contributed by atoms with Crippen LogP contribution in [0.1, 0.15) is 25.0 Å². The lowest BCUT2D eigenvalue weighted by molar-refractivity contribution is -0.137. The molecular formula is C17H24F3N3O2S. The molecule has 0 unspecified atom stereocenters. The van der Waals surface area contributed by atoms with Crippen molar-refractivity contribution in [3.05, 3.63) is 35.4 Å². The second-order valence-electron chi connectivity index (χ2n) is 6.92. The van der Waals surface area contributed by atoms with E-state index in [1.54, 1.807) is 20.9 Å². The summed E-state index contributed by atoms with van der Waals surface area (Å²) in [6.45, 7) is 4.59. The summed E-state index contributed by atoms with van der Waals surface area (Å²) in [5.41, 5.74) is 0.115. The van der Waals surface area contributed by atoms with Crippen molar-refractivity contribution in [3.63, 3.8) is 0 Å². The SMILES string of the molecule is CN=C(NCCc1ccc(C(F)(F)F)cc1)N1CCS(=O)(=O)C(C)(C)C1. The Morgan fingerprint density at radius 2 is 1.88 bits per heavy atom. The minimum atomic E-state index is -4.33. The fourth-order valence-corrected chi connectivity index (χ4v) is 4.20. The van der Waals surface area contributed by atoms with Crippen LogP contribution in [0.2, 0.25) is 0 Å². The molecule has 0 spiro atoms. The maximum Gasteiger partial charge on any atom is 0.416 e. The molecule has 146 valence electrons. The van der Waals surface area contributed by atoms with Gasteiger partial charge in [-0.25, -0.2) is 8.42 Å². The molecule has 0 bridgehead atoms. The van der Waals surface area contributed by atoms with Gasteiger partial charge < -0.3 is 10.2 Å². The molecule has 1 aliphatic rings. The Hall–Kier alpha value is -1.77. The molecule has 1 N–H and O–H groups in total. The van der Waals surface area contributed by atoms with E-state index >= 15 is 0 Å². The molecule has 2 rings (SSSR count). The molecule has 9 heteroatoms. The highest BCUT2D eigenvalue weighted by molar-refractivity contribution is 7.92. The Labute approximate surface area is 152 Å². The molecule has 0 atom stereocenters. The van der Waals surface area contributed by atoms with Gasteiger partial charge in [0.05, 0.1) is 16.1 Å². The van der Waals surface area contributed by atoms with Crippen LogP contribution in [-0.2, 0) is 22.4 Å². The van der Waals surface area contributed by atoms with Gasteiger partial charge in [-0.2, -0.15) is 13.2 Å². The number of nitrogens with zero attached hydrogens (tertiary/aromatic N) is 2. The predicted octanol–water partition coefficient (Wildman–Crippen LogP) is 2.33. The Balaban J connectivity index is 1.92. The number of benzene rings is 1. The van der Waals surface area contributed by atoms with E-state index in [-0.39, 0.29) is 5.75 Å². The second kappa shape index (κ2) is 7.46. The van der Waals surface area contributed by atoms with E-state index < -0.39 is 26.3 Å². The first-order valence-electron chi connectivity index (χ1n) is 8.30. The van der Waals surface area contributed by atoms with Gasteiger partial charge in [0.1, 0.15) is 0 Å². The molecule has 0 amide bonds. The van der Waals surface area contributed by atoms with Gasteiger partial charge >= 0.3 is 6.18 Å². The van der Waals surface area contributed by atoms with E-state index in [0.29, 0.717) is 32.0 Å². The summed E-state index contributed by atoms with van der Waals surface area (Å²) in [6, 6.07) is 5.07. The average molecular weight is 391 g/mol. The van der Waals surface area contributed by atoms with Gasteiger partial charge in [-0.3, -0.25) is 4.99 Å². The van der Waals surface area contributed by atoms with Crippen molar-refractivity contribution in [2.45, 2.75) is 31.2 Å². The highest BCUT2D eigenvalue weighted by Gasteiger charge is 2.40. The molecule has 0 aromatic heterocycles. The number of rotatable bonds is 3. The molecule has 0 radical (unpaired) electrons. The zero-order valence-corrected chi connectivity index (χ0v) is 15.9. The maximum absolute atomic E-state index is 12.6. The molecule has 0 saturated carbocycles. The number of nitrogens with one attached hydrogen (secondary N) is 1. The van der Waals surface area contributed by atoms with E-state index in [2.05, 4.69) is 10.3 Å². The van der Waals surface area contributed by atoms with Crippen LogP contribution in [-0.4, -0.2) is 56.5 Å². The Kier molecular flexibility index (Phi) is 5.89. The van der Waals surface area contributed by atoms with Crippen molar-refractivity contribution in [1.29, 1.82) is 0 Å². The van der Waals surface area contributed by atoms with Crippen LogP contribution in [0.15, 0.2) is 29.3 Å². The molecule has 1 aliphatic heterocycles. The number of guanidine groups is 1. The van der Waals surface area contributed by atoms with Crippen LogP contribution in [0.5, 0.6) is 0 Å². The summed E-state index contributed by atoms with van der Waals surface area (Å²) >= 11 is 0. The number of alkyl halides is 3. The highest BCUT2D eigenvalue weighted by Crippen LogP contribution is 2.29. The fraction of sp³-hybridized carbons (Fsp3) is 0.588. The van der Waals surface area contributed by atoms with Crippen LogP contribution >= 0.6 is 0 Å². The van der Waals surface area contributed by atoms with Crippen molar-refractivity contribution in [3.8, 4) is 0 Å². The Morgan fingerprint density at radius 3 is 2.38 bits per heavy atom. The minimum Gasteiger partial charge on any atom is -0.356 e. The molecule has 1 saturated heterocycles. The summed E-state index contributed by atoms with van der Waals surface area (Å²) in [7, 11) is -1.51. The van der Waals surface area contributed by atoms with Crippen molar-refractivity contribution < 1.29 is 21.6 Å². The summed E-state index contributed by atoms with van der Waals surface area (Å²) in [4.78, 5) is 6.09. The van der Waals surface area contributed by atoms with Crippen molar-refractivity contribution in [1.82, 2.24) is 10.2 Å².